The Bertz CT molecular complexity index is 1340. The second-order valence-corrected chi connectivity index (χ2v) is 10.4. The van der Waals surface area contributed by atoms with Gasteiger partial charge in [-0.1, -0.05) is 42.5 Å². The summed E-state index contributed by atoms with van der Waals surface area (Å²) in [6.45, 7) is 3.56. The maximum atomic E-state index is 12.9. The van der Waals surface area contributed by atoms with Crippen molar-refractivity contribution in [2.75, 3.05) is 25.1 Å². The van der Waals surface area contributed by atoms with Crippen LogP contribution in [0.25, 0.3) is 20.8 Å². The van der Waals surface area contributed by atoms with E-state index in [1.165, 1.54) is 22.3 Å². The van der Waals surface area contributed by atoms with Crippen LogP contribution in [-0.2, 0) is 33.8 Å². The number of carbonyl (C=O) groups is 1. The Kier molecular flexibility index (Phi) is 5.78. The van der Waals surface area contributed by atoms with Crippen LogP contribution < -0.4 is 5.32 Å². The van der Waals surface area contributed by atoms with E-state index in [1.807, 2.05) is 24.3 Å². The molecule has 0 spiro atoms. The minimum absolute atomic E-state index is 0.207. The van der Waals surface area contributed by atoms with Gasteiger partial charge in [-0.3, -0.25) is 9.69 Å². The van der Waals surface area contributed by atoms with Crippen LogP contribution >= 0.6 is 22.7 Å². The molecular formula is C26H23N3O3S2. The summed E-state index contributed by atoms with van der Waals surface area (Å²) in [6.07, 6.45) is 2.31. The number of nitrogens with one attached hydrogen (secondary N) is 1. The van der Waals surface area contributed by atoms with Crippen LogP contribution in [0.5, 0.6) is 0 Å². The highest BCUT2D eigenvalue weighted by Gasteiger charge is 2.28. The molecule has 34 heavy (non-hydrogen) atoms. The number of ether oxygens (including phenoxy) is 2. The van der Waals surface area contributed by atoms with E-state index in [4.69, 9.17) is 14.5 Å². The Morgan fingerprint density at radius 1 is 1.06 bits per heavy atom. The summed E-state index contributed by atoms with van der Waals surface area (Å²) in [6, 6.07) is 18.7. The molecule has 172 valence electrons. The summed E-state index contributed by atoms with van der Waals surface area (Å²) in [7, 11) is 0. The van der Waals surface area contributed by atoms with Crippen molar-refractivity contribution in [3.8, 4) is 10.6 Å². The van der Waals surface area contributed by atoms with Crippen molar-refractivity contribution in [2.24, 2.45) is 0 Å². The Morgan fingerprint density at radius 3 is 2.74 bits per heavy atom. The van der Waals surface area contributed by atoms with Crippen LogP contribution in [0, 0.1) is 0 Å². The van der Waals surface area contributed by atoms with Crippen LogP contribution in [-0.4, -0.2) is 35.5 Å². The Balaban J connectivity index is 1.35. The third kappa shape index (κ3) is 4.20. The summed E-state index contributed by atoms with van der Waals surface area (Å²) in [5.41, 5.74) is 4.63. The molecule has 0 radical (unpaired) electrons. The van der Waals surface area contributed by atoms with Crippen LogP contribution in [0.3, 0.4) is 0 Å². The van der Waals surface area contributed by atoms with Gasteiger partial charge in [0.2, 0.25) is 5.76 Å². The van der Waals surface area contributed by atoms with E-state index < -0.39 is 0 Å². The lowest BCUT2D eigenvalue weighted by molar-refractivity contribution is -0.117. The predicted molar refractivity (Wildman–Crippen MR) is 136 cm³/mol. The third-order valence-electron chi connectivity index (χ3n) is 5.99. The zero-order chi connectivity index (χ0) is 22.9. The Hall–Kier alpha value is -3.20. The second kappa shape index (κ2) is 9.21. The molecule has 2 aliphatic rings. The van der Waals surface area contributed by atoms with Crippen LogP contribution in [0.15, 0.2) is 66.6 Å². The van der Waals surface area contributed by atoms with Gasteiger partial charge in [-0.25, -0.2) is 4.98 Å². The van der Waals surface area contributed by atoms with Crippen molar-refractivity contribution < 1.29 is 14.3 Å². The minimum atomic E-state index is -0.290. The van der Waals surface area contributed by atoms with Gasteiger partial charge in [-0.2, -0.15) is 0 Å². The standard InChI is InChI=1S/C26H23N3O3S2/c30-24(20-16-31-12-13-32-20)28-26-23(25-27-19-8-4-5-9-21(19)33-25)18-10-11-29(15-22(18)34-26)14-17-6-2-1-3-7-17/h1-9,16H,10-15H2,(H,28,30). The number of carbonyl (C=O) groups excluding carboxylic acids is 1. The molecular weight excluding hydrogens is 466 g/mol. The van der Waals surface area contributed by atoms with E-state index in [0.717, 1.165) is 51.8 Å². The normalized spacial score (nSPS) is 15.8. The van der Waals surface area contributed by atoms with Gasteiger partial charge < -0.3 is 14.8 Å². The number of amides is 1. The van der Waals surface area contributed by atoms with E-state index in [-0.39, 0.29) is 11.7 Å². The lowest BCUT2D eigenvalue weighted by Crippen LogP contribution is -2.29. The fourth-order valence-corrected chi connectivity index (χ4v) is 6.77. The molecule has 8 heteroatoms. The predicted octanol–water partition coefficient (Wildman–Crippen LogP) is 5.41. The van der Waals surface area contributed by atoms with E-state index in [9.17, 15) is 4.79 Å². The molecule has 0 atom stereocenters. The Labute approximate surface area is 205 Å². The number of rotatable bonds is 5. The largest absolute Gasteiger partial charge is 0.494 e. The first-order chi connectivity index (χ1) is 16.7. The molecule has 2 aromatic carbocycles. The highest BCUT2D eigenvalue weighted by molar-refractivity contribution is 7.23. The van der Waals surface area contributed by atoms with Gasteiger partial charge in [0.15, 0.2) is 0 Å². The van der Waals surface area contributed by atoms with Gasteiger partial charge in [0.1, 0.15) is 29.5 Å². The molecule has 0 unspecified atom stereocenters. The molecule has 0 aliphatic carbocycles. The molecule has 4 aromatic rings. The average Bonchev–Trinajstić information content (AvgIpc) is 3.45. The number of fused-ring (bicyclic) bond motifs is 2. The summed E-state index contributed by atoms with van der Waals surface area (Å²) in [5.74, 6) is -0.0830. The molecule has 1 N–H and O–H groups in total. The topological polar surface area (TPSA) is 63.7 Å². The zero-order valence-corrected chi connectivity index (χ0v) is 20.1. The zero-order valence-electron chi connectivity index (χ0n) is 18.5. The number of nitrogens with zero attached hydrogens (tertiary/aromatic N) is 2. The highest BCUT2D eigenvalue weighted by Crippen LogP contribution is 2.46. The van der Waals surface area contributed by atoms with Crippen LogP contribution in [0.4, 0.5) is 5.00 Å². The SMILES string of the molecule is O=C(Nc1sc2c(c1-c1nc3ccccc3s1)CCN(Cc1ccccc1)C2)C1=COCCO1. The number of para-hydroxylation sites is 1. The lowest BCUT2D eigenvalue weighted by Gasteiger charge is -2.27. The minimum Gasteiger partial charge on any atom is -0.494 e. The molecule has 6 nitrogen and oxygen atoms in total. The number of aromatic nitrogens is 1. The lowest BCUT2D eigenvalue weighted by atomic mass is 10.0. The fraction of sp³-hybridized carbons (Fsp3) is 0.231. The fourth-order valence-electron chi connectivity index (χ4n) is 4.38. The van der Waals surface area contributed by atoms with Crippen molar-refractivity contribution in [1.29, 1.82) is 0 Å². The monoisotopic (exact) mass is 489 g/mol. The molecule has 0 saturated carbocycles. The van der Waals surface area contributed by atoms with Crippen molar-refractivity contribution in [1.82, 2.24) is 9.88 Å². The molecule has 0 saturated heterocycles. The molecule has 2 aromatic heterocycles. The van der Waals surface area contributed by atoms with Gasteiger partial charge in [-0.05, 0) is 29.7 Å². The van der Waals surface area contributed by atoms with E-state index in [1.54, 1.807) is 22.7 Å². The quantitative estimate of drug-likeness (QED) is 0.406. The number of anilines is 1. The van der Waals surface area contributed by atoms with Gasteiger partial charge in [0, 0.05) is 30.1 Å². The van der Waals surface area contributed by atoms with Crippen molar-refractivity contribution in [3.05, 3.63) is 82.6 Å². The van der Waals surface area contributed by atoms with Crippen molar-refractivity contribution in [3.63, 3.8) is 0 Å². The van der Waals surface area contributed by atoms with E-state index >= 15 is 0 Å². The molecule has 4 heterocycles. The van der Waals surface area contributed by atoms with E-state index in [2.05, 4.69) is 40.5 Å². The first kappa shape index (κ1) is 21.3. The molecule has 1 amide bonds. The second-order valence-electron chi connectivity index (χ2n) is 8.30. The third-order valence-corrected chi connectivity index (χ3v) is 8.18. The van der Waals surface area contributed by atoms with Crippen molar-refractivity contribution >= 4 is 43.8 Å². The summed E-state index contributed by atoms with van der Waals surface area (Å²) >= 11 is 3.31. The summed E-state index contributed by atoms with van der Waals surface area (Å²) in [4.78, 5) is 21.6. The Morgan fingerprint density at radius 2 is 1.91 bits per heavy atom. The van der Waals surface area contributed by atoms with Crippen LogP contribution in [0.1, 0.15) is 16.0 Å². The van der Waals surface area contributed by atoms with Crippen LogP contribution in [0.2, 0.25) is 0 Å². The molecule has 2 aliphatic heterocycles. The summed E-state index contributed by atoms with van der Waals surface area (Å²) in [5, 5.41) is 4.87. The number of thiophene rings is 1. The maximum absolute atomic E-state index is 12.9. The smallest absolute Gasteiger partial charge is 0.294 e. The number of hydrogen-bond donors (Lipinski definition) is 1. The van der Waals surface area contributed by atoms with Gasteiger partial charge in [-0.15, -0.1) is 22.7 Å². The first-order valence-electron chi connectivity index (χ1n) is 11.3. The van der Waals surface area contributed by atoms with E-state index in [0.29, 0.717) is 13.2 Å². The maximum Gasteiger partial charge on any atom is 0.294 e. The highest BCUT2D eigenvalue weighted by atomic mass is 32.1. The number of hydrogen-bond acceptors (Lipinski definition) is 7. The van der Waals surface area contributed by atoms with Gasteiger partial charge in [0.25, 0.3) is 5.91 Å². The van der Waals surface area contributed by atoms with Gasteiger partial charge in [0.05, 0.1) is 10.2 Å². The average molecular weight is 490 g/mol. The molecule has 6 rings (SSSR count). The summed E-state index contributed by atoms with van der Waals surface area (Å²) < 4.78 is 11.9. The molecule has 0 fully saturated rings. The first-order valence-corrected chi connectivity index (χ1v) is 12.9. The number of thiazole rings is 1. The number of benzene rings is 2. The molecule has 0 bridgehead atoms. The van der Waals surface area contributed by atoms with Gasteiger partial charge >= 0.3 is 0 Å². The van der Waals surface area contributed by atoms with Crippen molar-refractivity contribution in [2.45, 2.75) is 19.5 Å².